The number of likely N-dealkylation sites (tertiary alicyclic amines) is 1. The molecule has 1 saturated heterocycles. The molecule has 0 radical (unpaired) electrons. The van der Waals surface area contributed by atoms with Gasteiger partial charge in [-0.25, -0.2) is 4.79 Å². The van der Waals surface area contributed by atoms with Crippen LogP contribution in [-0.2, 0) is 16.1 Å². The number of nitriles is 1. The summed E-state index contributed by atoms with van der Waals surface area (Å²) in [5.41, 5.74) is -0.000576. The van der Waals surface area contributed by atoms with Crippen molar-refractivity contribution in [1.29, 1.82) is 5.26 Å². The summed E-state index contributed by atoms with van der Waals surface area (Å²) in [6.45, 7) is 3.52. The maximum atomic E-state index is 12.0. The van der Waals surface area contributed by atoms with Gasteiger partial charge in [0.25, 0.3) is 5.91 Å². The molecule has 2 N–H and O–H groups in total. The number of amides is 2. The molecule has 1 aromatic heterocycles. The number of nitrogens with zero attached hydrogens (tertiary/aromatic N) is 2. The maximum Gasteiger partial charge on any atom is 0.409 e. The Morgan fingerprint density at radius 1 is 1.48 bits per heavy atom. The van der Waals surface area contributed by atoms with E-state index >= 15 is 0 Å². The molecule has 1 fully saturated rings. The molecular formula is C17H22N4O4. The first-order chi connectivity index (χ1) is 12.1. The van der Waals surface area contributed by atoms with Crippen molar-refractivity contribution in [3.05, 3.63) is 35.9 Å². The number of ether oxygens (including phenoxy) is 1. The SMILES string of the molecule is CCOC(=O)N1CCC(N/C=C(/C#N)C(=O)NCc2ccco2)CC1. The Kier molecular flexibility index (Phi) is 6.89. The molecular weight excluding hydrogens is 324 g/mol. The van der Waals surface area contributed by atoms with Crippen molar-refractivity contribution in [2.24, 2.45) is 0 Å². The van der Waals surface area contributed by atoms with Crippen LogP contribution in [0.1, 0.15) is 25.5 Å². The molecule has 1 aliphatic heterocycles. The molecule has 134 valence electrons. The van der Waals surface area contributed by atoms with E-state index in [2.05, 4.69) is 10.6 Å². The first-order valence-corrected chi connectivity index (χ1v) is 8.22. The van der Waals surface area contributed by atoms with Crippen LogP contribution in [0.4, 0.5) is 4.79 Å². The number of hydrogen-bond acceptors (Lipinski definition) is 6. The van der Waals surface area contributed by atoms with Crippen LogP contribution in [0.2, 0.25) is 0 Å². The van der Waals surface area contributed by atoms with Crippen LogP contribution >= 0.6 is 0 Å². The largest absolute Gasteiger partial charge is 0.467 e. The van der Waals surface area contributed by atoms with E-state index in [0.717, 1.165) is 12.8 Å². The van der Waals surface area contributed by atoms with Gasteiger partial charge in [-0.3, -0.25) is 4.79 Å². The van der Waals surface area contributed by atoms with E-state index in [1.54, 1.807) is 24.0 Å². The summed E-state index contributed by atoms with van der Waals surface area (Å²) in [4.78, 5) is 25.3. The minimum absolute atomic E-state index is 0.000576. The molecule has 1 aromatic rings. The van der Waals surface area contributed by atoms with Gasteiger partial charge >= 0.3 is 6.09 Å². The highest BCUT2D eigenvalue weighted by atomic mass is 16.6. The second-order valence-electron chi connectivity index (χ2n) is 5.56. The van der Waals surface area contributed by atoms with Crippen molar-refractivity contribution in [3.8, 4) is 6.07 Å². The van der Waals surface area contributed by atoms with E-state index in [4.69, 9.17) is 14.4 Å². The topological polar surface area (TPSA) is 108 Å². The minimum Gasteiger partial charge on any atom is -0.467 e. The summed E-state index contributed by atoms with van der Waals surface area (Å²) >= 11 is 0. The predicted molar refractivity (Wildman–Crippen MR) is 89.0 cm³/mol. The molecule has 2 rings (SSSR count). The molecule has 1 aliphatic rings. The number of rotatable bonds is 6. The summed E-state index contributed by atoms with van der Waals surface area (Å²) in [6, 6.07) is 5.46. The van der Waals surface area contributed by atoms with Crippen molar-refractivity contribution < 1.29 is 18.7 Å². The average Bonchev–Trinajstić information content (AvgIpc) is 3.14. The van der Waals surface area contributed by atoms with E-state index < -0.39 is 5.91 Å². The maximum absolute atomic E-state index is 12.0. The first-order valence-electron chi connectivity index (χ1n) is 8.22. The second-order valence-corrected chi connectivity index (χ2v) is 5.56. The van der Waals surface area contributed by atoms with Crippen LogP contribution in [-0.4, -0.2) is 42.6 Å². The zero-order valence-corrected chi connectivity index (χ0v) is 14.2. The molecule has 0 aromatic carbocycles. The number of carbonyl (C=O) groups is 2. The third-order valence-electron chi connectivity index (χ3n) is 3.85. The van der Waals surface area contributed by atoms with Crippen LogP contribution in [0.25, 0.3) is 0 Å². The summed E-state index contributed by atoms with van der Waals surface area (Å²) < 4.78 is 10.1. The van der Waals surface area contributed by atoms with Crippen molar-refractivity contribution >= 4 is 12.0 Å². The zero-order chi connectivity index (χ0) is 18.1. The van der Waals surface area contributed by atoms with Gasteiger partial charge in [0.05, 0.1) is 19.4 Å². The van der Waals surface area contributed by atoms with Crippen molar-refractivity contribution in [2.75, 3.05) is 19.7 Å². The van der Waals surface area contributed by atoms with Gasteiger partial charge in [0.1, 0.15) is 17.4 Å². The van der Waals surface area contributed by atoms with Gasteiger partial charge in [0, 0.05) is 25.3 Å². The van der Waals surface area contributed by atoms with Crippen LogP contribution in [0.3, 0.4) is 0 Å². The minimum atomic E-state index is -0.463. The van der Waals surface area contributed by atoms with Gasteiger partial charge in [-0.2, -0.15) is 5.26 Å². The third kappa shape index (κ3) is 5.57. The summed E-state index contributed by atoms with van der Waals surface area (Å²) in [5, 5.41) is 14.9. The lowest BCUT2D eigenvalue weighted by Gasteiger charge is -2.31. The number of hydrogen-bond donors (Lipinski definition) is 2. The fraction of sp³-hybridized carbons (Fsp3) is 0.471. The Hall–Kier alpha value is -2.95. The van der Waals surface area contributed by atoms with E-state index in [0.29, 0.717) is 25.5 Å². The Labute approximate surface area is 146 Å². The van der Waals surface area contributed by atoms with Crippen LogP contribution in [0, 0.1) is 11.3 Å². The number of nitrogens with one attached hydrogen (secondary N) is 2. The number of piperidine rings is 1. The average molecular weight is 346 g/mol. The van der Waals surface area contributed by atoms with E-state index in [1.807, 2.05) is 6.07 Å². The lowest BCUT2D eigenvalue weighted by molar-refractivity contribution is -0.117. The molecule has 0 saturated carbocycles. The second kappa shape index (κ2) is 9.37. The molecule has 8 heteroatoms. The predicted octanol–water partition coefficient (Wildman–Crippen LogP) is 1.51. The molecule has 25 heavy (non-hydrogen) atoms. The molecule has 0 aliphatic carbocycles. The normalized spacial score (nSPS) is 15.4. The van der Waals surface area contributed by atoms with Crippen LogP contribution in [0.15, 0.2) is 34.6 Å². The molecule has 2 amide bonds. The fourth-order valence-electron chi connectivity index (χ4n) is 2.47. The van der Waals surface area contributed by atoms with E-state index in [-0.39, 0.29) is 24.3 Å². The molecule has 2 heterocycles. The van der Waals surface area contributed by atoms with Gasteiger partial charge in [0.2, 0.25) is 0 Å². The summed E-state index contributed by atoms with van der Waals surface area (Å²) in [5.74, 6) is 0.153. The van der Waals surface area contributed by atoms with Gasteiger partial charge in [-0.15, -0.1) is 0 Å². The molecule has 0 atom stereocenters. The number of furan rings is 1. The summed E-state index contributed by atoms with van der Waals surface area (Å²) in [7, 11) is 0. The van der Waals surface area contributed by atoms with Gasteiger partial charge in [-0.05, 0) is 31.9 Å². The highest BCUT2D eigenvalue weighted by Crippen LogP contribution is 2.12. The Morgan fingerprint density at radius 2 is 2.24 bits per heavy atom. The quantitative estimate of drug-likeness (QED) is 0.597. The molecule has 8 nitrogen and oxygen atoms in total. The standard InChI is InChI=1S/C17H22N4O4/c1-2-24-17(23)21-7-5-14(6-8-21)19-11-13(10-18)16(22)20-12-15-4-3-9-25-15/h3-4,9,11,14,19H,2,5-8,12H2,1H3,(H,20,22)/b13-11-. The third-order valence-corrected chi connectivity index (χ3v) is 3.85. The first kappa shape index (κ1) is 18.4. The highest BCUT2D eigenvalue weighted by molar-refractivity contribution is 5.97. The Balaban J connectivity index is 1.78. The smallest absolute Gasteiger partial charge is 0.409 e. The Morgan fingerprint density at radius 3 is 2.84 bits per heavy atom. The number of carbonyl (C=O) groups excluding carboxylic acids is 2. The fourth-order valence-corrected chi connectivity index (χ4v) is 2.47. The van der Waals surface area contributed by atoms with Gasteiger partial charge in [0.15, 0.2) is 0 Å². The van der Waals surface area contributed by atoms with Crippen LogP contribution < -0.4 is 10.6 Å². The van der Waals surface area contributed by atoms with Crippen molar-refractivity contribution in [1.82, 2.24) is 15.5 Å². The van der Waals surface area contributed by atoms with Crippen molar-refractivity contribution in [2.45, 2.75) is 32.4 Å². The van der Waals surface area contributed by atoms with Gasteiger partial charge in [-0.1, -0.05) is 0 Å². The monoisotopic (exact) mass is 346 g/mol. The van der Waals surface area contributed by atoms with E-state index in [9.17, 15) is 9.59 Å². The van der Waals surface area contributed by atoms with Crippen LogP contribution in [0.5, 0.6) is 0 Å². The van der Waals surface area contributed by atoms with Crippen molar-refractivity contribution in [3.63, 3.8) is 0 Å². The zero-order valence-electron chi connectivity index (χ0n) is 14.2. The Bertz CT molecular complexity index is 640. The lowest BCUT2D eigenvalue weighted by atomic mass is 10.1. The molecule has 0 unspecified atom stereocenters. The van der Waals surface area contributed by atoms with E-state index in [1.165, 1.54) is 12.5 Å². The highest BCUT2D eigenvalue weighted by Gasteiger charge is 2.23. The van der Waals surface area contributed by atoms with Gasteiger partial charge < -0.3 is 24.7 Å². The lowest BCUT2D eigenvalue weighted by Crippen LogP contribution is -2.44. The molecule has 0 bridgehead atoms. The molecule has 0 spiro atoms. The summed E-state index contributed by atoms with van der Waals surface area (Å²) in [6.07, 6.45) is 4.10.